The molecule has 0 bridgehead atoms. The molecule has 0 atom stereocenters. The predicted molar refractivity (Wildman–Crippen MR) is 162 cm³/mol. The maximum absolute atomic E-state index is 14.4. The van der Waals surface area contributed by atoms with Crippen LogP contribution in [-0.2, 0) is 6.42 Å². The van der Waals surface area contributed by atoms with Crippen LogP contribution < -0.4 is 10.2 Å². The van der Waals surface area contributed by atoms with Gasteiger partial charge in [0, 0.05) is 35.3 Å². The van der Waals surface area contributed by atoms with Gasteiger partial charge in [-0.1, -0.05) is 42.8 Å². The number of carbonyl (C=O) groups excluding carboxylic acids is 2. The molecule has 5 aromatic rings. The van der Waals surface area contributed by atoms with E-state index in [0.717, 1.165) is 40.4 Å². The number of carbonyl (C=O) groups is 2. The van der Waals surface area contributed by atoms with E-state index in [0.29, 0.717) is 40.8 Å². The first-order valence-corrected chi connectivity index (χ1v) is 14.9. The first-order chi connectivity index (χ1) is 20.5. The SMILES string of the molecule is Cc1cccc(F)c1NC(=O)c1cc2c(s1)-c1ccccc1N(C(=O)c1cccc(-n3ccnc3C3CCC3)n1)CC2. The van der Waals surface area contributed by atoms with Crippen molar-refractivity contribution < 1.29 is 14.0 Å². The van der Waals surface area contributed by atoms with Crippen LogP contribution in [0.25, 0.3) is 16.3 Å². The van der Waals surface area contributed by atoms with Crippen molar-refractivity contribution >= 4 is 34.5 Å². The monoisotopic (exact) mass is 577 g/mol. The number of amides is 2. The molecule has 2 amide bonds. The fraction of sp³-hybridized carbons (Fsp3) is 0.212. The highest BCUT2D eigenvalue weighted by Crippen LogP contribution is 2.42. The number of hydrogen-bond donors (Lipinski definition) is 1. The Morgan fingerprint density at radius 1 is 1.05 bits per heavy atom. The number of halogens is 1. The molecule has 7 rings (SSSR count). The standard InChI is InChI=1S/C33H28FN5O2S/c1-20-7-4-11-24(34)29(20)37-32(40)27-19-22-15-17-38(26-13-3-2-10-23(26)30(22)42-27)33(41)25-12-6-14-28(36-25)39-18-16-35-31(39)21-8-5-9-21/h2-4,6-7,10-14,16,18-19,21H,5,8-9,15,17H2,1H3,(H,37,40). The zero-order valence-electron chi connectivity index (χ0n) is 23.0. The minimum Gasteiger partial charge on any atom is -0.319 e. The van der Waals surface area contributed by atoms with Crippen LogP contribution in [0, 0.1) is 12.7 Å². The van der Waals surface area contributed by atoms with Crippen molar-refractivity contribution in [3.8, 4) is 16.3 Å². The number of nitrogens with zero attached hydrogens (tertiary/aromatic N) is 4. The number of thiophene rings is 1. The summed E-state index contributed by atoms with van der Waals surface area (Å²) in [6.07, 6.45) is 7.71. The molecule has 2 aliphatic rings. The van der Waals surface area contributed by atoms with E-state index >= 15 is 0 Å². The molecule has 1 N–H and O–H groups in total. The first kappa shape index (κ1) is 26.3. The molecule has 0 radical (unpaired) electrons. The van der Waals surface area contributed by atoms with Gasteiger partial charge in [-0.05, 0) is 67.6 Å². The normalized spacial score (nSPS) is 14.5. The second kappa shape index (κ2) is 10.6. The van der Waals surface area contributed by atoms with E-state index in [9.17, 15) is 14.0 Å². The summed E-state index contributed by atoms with van der Waals surface area (Å²) >= 11 is 1.35. The first-order valence-electron chi connectivity index (χ1n) is 14.1. The lowest BCUT2D eigenvalue weighted by molar-refractivity contribution is 0.0981. The molecule has 0 unspecified atom stereocenters. The summed E-state index contributed by atoms with van der Waals surface area (Å²) in [5, 5.41) is 2.74. The van der Waals surface area contributed by atoms with Crippen molar-refractivity contribution in [3.63, 3.8) is 0 Å². The second-order valence-corrected chi connectivity index (χ2v) is 11.8. The summed E-state index contributed by atoms with van der Waals surface area (Å²) in [6, 6.07) is 19.8. The van der Waals surface area contributed by atoms with Crippen LogP contribution in [0.2, 0.25) is 0 Å². The molecular weight excluding hydrogens is 549 g/mol. The molecule has 1 saturated carbocycles. The van der Waals surface area contributed by atoms with E-state index in [1.807, 2.05) is 53.2 Å². The number of fused-ring (bicyclic) bond motifs is 3. The average molecular weight is 578 g/mol. The van der Waals surface area contributed by atoms with Crippen LogP contribution in [0.1, 0.15) is 62.3 Å². The van der Waals surface area contributed by atoms with Gasteiger partial charge in [-0.15, -0.1) is 11.3 Å². The van der Waals surface area contributed by atoms with Gasteiger partial charge in [-0.3, -0.25) is 14.2 Å². The molecule has 42 heavy (non-hydrogen) atoms. The summed E-state index contributed by atoms with van der Waals surface area (Å²) in [5.74, 6) is 1.11. The van der Waals surface area contributed by atoms with Gasteiger partial charge in [-0.25, -0.2) is 14.4 Å². The van der Waals surface area contributed by atoms with Crippen LogP contribution in [0.3, 0.4) is 0 Å². The van der Waals surface area contributed by atoms with Gasteiger partial charge in [0.05, 0.1) is 16.3 Å². The highest BCUT2D eigenvalue weighted by atomic mass is 32.1. The van der Waals surface area contributed by atoms with Crippen molar-refractivity contribution in [2.45, 2.75) is 38.5 Å². The zero-order chi connectivity index (χ0) is 28.8. The summed E-state index contributed by atoms with van der Waals surface area (Å²) in [6.45, 7) is 2.19. The molecule has 210 valence electrons. The Morgan fingerprint density at radius 2 is 1.88 bits per heavy atom. The Morgan fingerprint density at radius 3 is 2.69 bits per heavy atom. The van der Waals surface area contributed by atoms with E-state index in [1.54, 1.807) is 36.2 Å². The number of imidazole rings is 1. The number of aromatic nitrogens is 3. The minimum absolute atomic E-state index is 0.183. The van der Waals surface area contributed by atoms with Crippen LogP contribution in [0.15, 0.2) is 79.1 Å². The molecule has 0 saturated heterocycles. The Hall–Kier alpha value is -4.63. The Kier molecular flexibility index (Phi) is 6.66. The molecule has 1 aliphatic carbocycles. The lowest BCUT2D eigenvalue weighted by atomic mass is 9.85. The Bertz CT molecular complexity index is 1820. The smallest absolute Gasteiger partial charge is 0.276 e. The number of aryl methyl sites for hydroxylation is 1. The molecule has 0 spiro atoms. The Balaban J connectivity index is 1.19. The topological polar surface area (TPSA) is 80.1 Å². The van der Waals surface area contributed by atoms with Crippen LogP contribution in [-0.4, -0.2) is 32.9 Å². The summed E-state index contributed by atoms with van der Waals surface area (Å²) in [4.78, 5) is 39.7. The largest absolute Gasteiger partial charge is 0.319 e. The van der Waals surface area contributed by atoms with Gasteiger partial charge >= 0.3 is 0 Å². The van der Waals surface area contributed by atoms with Crippen LogP contribution in [0.4, 0.5) is 15.8 Å². The minimum atomic E-state index is -0.467. The van der Waals surface area contributed by atoms with Crippen molar-refractivity contribution in [2.24, 2.45) is 0 Å². The number of hydrogen-bond acceptors (Lipinski definition) is 5. The second-order valence-electron chi connectivity index (χ2n) is 10.7. The van der Waals surface area contributed by atoms with Crippen LogP contribution in [0.5, 0.6) is 0 Å². The van der Waals surface area contributed by atoms with Crippen molar-refractivity contribution in [1.29, 1.82) is 0 Å². The summed E-state index contributed by atoms with van der Waals surface area (Å²) in [5.41, 5.74) is 3.83. The predicted octanol–water partition coefficient (Wildman–Crippen LogP) is 7.17. The third-order valence-corrected chi connectivity index (χ3v) is 9.33. The lowest BCUT2D eigenvalue weighted by Crippen LogP contribution is -2.33. The number of anilines is 2. The summed E-state index contributed by atoms with van der Waals surface area (Å²) in [7, 11) is 0. The van der Waals surface area contributed by atoms with Gasteiger partial charge in [0.2, 0.25) is 0 Å². The van der Waals surface area contributed by atoms with Crippen LogP contribution >= 0.6 is 11.3 Å². The van der Waals surface area contributed by atoms with Crippen molar-refractivity contribution in [2.75, 3.05) is 16.8 Å². The number of rotatable bonds is 5. The molecule has 4 heterocycles. The molecule has 2 aromatic carbocycles. The molecular formula is C33H28FN5O2S. The quantitative estimate of drug-likeness (QED) is 0.240. The van der Waals surface area contributed by atoms with E-state index < -0.39 is 5.82 Å². The molecule has 7 nitrogen and oxygen atoms in total. The van der Waals surface area contributed by atoms with E-state index in [-0.39, 0.29) is 17.5 Å². The van der Waals surface area contributed by atoms with Crippen molar-refractivity contribution in [3.05, 3.63) is 112 Å². The highest BCUT2D eigenvalue weighted by Gasteiger charge is 2.29. The summed E-state index contributed by atoms with van der Waals surface area (Å²) < 4.78 is 16.4. The third kappa shape index (κ3) is 4.59. The molecule has 1 fully saturated rings. The number of para-hydroxylation sites is 2. The van der Waals surface area contributed by atoms with Gasteiger partial charge < -0.3 is 10.2 Å². The lowest BCUT2D eigenvalue weighted by Gasteiger charge is -2.25. The van der Waals surface area contributed by atoms with Crippen molar-refractivity contribution in [1.82, 2.24) is 14.5 Å². The fourth-order valence-corrected chi connectivity index (χ4v) is 6.82. The van der Waals surface area contributed by atoms with Gasteiger partial charge in [0.25, 0.3) is 11.8 Å². The van der Waals surface area contributed by atoms with Gasteiger partial charge in [0.1, 0.15) is 23.2 Å². The van der Waals surface area contributed by atoms with E-state index in [1.165, 1.54) is 23.8 Å². The maximum Gasteiger partial charge on any atom is 0.276 e. The Labute approximate surface area is 246 Å². The molecule has 9 heteroatoms. The number of pyridine rings is 1. The molecule has 1 aliphatic heterocycles. The number of benzene rings is 2. The maximum atomic E-state index is 14.4. The zero-order valence-corrected chi connectivity index (χ0v) is 23.8. The molecule has 3 aromatic heterocycles. The van der Waals surface area contributed by atoms with Gasteiger partial charge in [0.15, 0.2) is 0 Å². The third-order valence-electron chi connectivity index (χ3n) is 8.12. The average Bonchev–Trinajstić information content (AvgIpc) is 3.59. The van der Waals surface area contributed by atoms with E-state index in [2.05, 4.69) is 10.3 Å². The highest BCUT2D eigenvalue weighted by molar-refractivity contribution is 7.17. The number of nitrogens with one attached hydrogen (secondary N) is 1. The van der Waals surface area contributed by atoms with Gasteiger partial charge in [-0.2, -0.15) is 0 Å². The van der Waals surface area contributed by atoms with E-state index in [4.69, 9.17) is 4.98 Å². The fourth-order valence-electron chi connectivity index (χ4n) is 5.68.